The second kappa shape index (κ2) is 5.45. The van der Waals surface area contributed by atoms with Crippen molar-refractivity contribution in [3.8, 4) is 0 Å². The van der Waals surface area contributed by atoms with Crippen molar-refractivity contribution in [1.29, 1.82) is 0 Å². The van der Waals surface area contributed by atoms with E-state index in [1.807, 2.05) is 18.7 Å². The van der Waals surface area contributed by atoms with Crippen LogP contribution < -0.4 is 10.6 Å². The van der Waals surface area contributed by atoms with Crippen LogP contribution in [0.3, 0.4) is 0 Å². The largest absolute Gasteiger partial charge is 0.416 e. The minimum Gasteiger partial charge on any atom is -0.367 e. The minimum absolute atomic E-state index is 0.0553. The fourth-order valence-corrected chi connectivity index (χ4v) is 2.87. The van der Waals surface area contributed by atoms with Gasteiger partial charge >= 0.3 is 6.18 Å². The van der Waals surface area contributed by atoms with Crippen molar-refractivity contribution in [3.05, 3.63) is 28.8 Å². The monoisotopic (exact) mass is 306 g/mol. The molecule has 1 aliphatic rings. The van der Waals surface area contributed by atoms with E-state index in [0.29, 0.717) is 17.3 Å². The van der Waals surface area contributed by atoms with Crippen molar-refractivity contribution in [1.82, 2.24) is 0 Å². The second-order valence-electron chi connectivity index (χ2n) is 5.41. The fourth-order valence-electron chi connectivity index (χ4n) is 2.65. The summed E-state index contributed by atoms with van der Waals surface area (Å²) in [6.45, 7) is 4.61. The molecule has 2 rings (SSSR count). The number of piperidine rings is 1. The van der Waals surface area contributed by atoms with Gasteiger partial charge in [0.25, 0.3) is 0 Å². The van der Waals surface area contributed by atoms with Gasteiger partial charge in [0, 0.05) is 18.6 Å². The Labute approximate surface area is 121 Å². The lowest BCUT2D eigenvalue weighted by Crippen LogP contribution is -2.52. The fraction of sp³-hybridized carbons (Fsp3) is 0.571. The Hall–Kier alpha value is -0.940. The number of nitrogens with two attached hydrogens (primary N) is 1. The van der Waals surface area contributed by atoms with Crippen LogP contribution in [0.2, 0.25) is 5.02 Å². The number of anilines is 1. The first-order chi connectivity index (χ1) is 9.21. The van der Waals surface area contributed by atoms with Gasteiger partial charge in [0.1, 0.15) is 0 Å². The number of rotatable bonds is 1. The molecule has 3 unspecified atom stereocenters. The highest BCUT2D eigenvalue weighted by Crippen LogP contribution is 2.38. The van der Waals surface area contributed by atoms with Crippen LogP contribution in [0.4, 0.5) is 18.9 Å². The maximum absolute atomic E-state index is 12.8. The van der Waals surface area contributed by atoms with Gasteiger partial charge < -0.3 is 10.6 Å². The normalized spacial score (nSPS) is 27.8. The Balaban J connectivity index is 2.37. The van der Waals surface area contributed by atoms with Crippen LogP contribution in [0, 0.1) is 5.92 Å². The smallest absolute Gasteiger partial charge is 0.367 e. The van der Waals surface area contributed by atoms with Crippen molar-refractivity contribution in [3.63, 3.8) is 0 Å². The lowest BCUT2D eigenvalue weighted by Gasteiger charge is -2.43. The molecule has 3 atom stereocenters. The zero-order chi connectivity index (χ0) is 15.1. The Kier molecular flexibility index (Phi) is 4.21. The van der Waals surface area contributed by atoms with Crippen molar-refractivity contribution in [2.75, 3.05) is 11.4 Å². The number of alkyl halides is 3. The first-order valence-corrected chi connectivity index (χ1v) is 6.98. The molecule has 112 valence electrons. The summed E-state index contributed by atoms with van der Waals surface area (Å²) in [6.07, 6.45) is -3.61. The van der Waals surface area contributed by atoms with E-state index < -0.39 is 11.7 Å². The van der Waals surface area contributed by atoms with Gasteiger partial charge in [0.2, 0.25) is 0 Å². The highest BCUT2D eigenvalue weighted by molar-refractivity contribution is 6.33. The summed E-state index contributed by atoms with van der Waals surface area (Å²) in [6, 6.07) is 3.58. The first-order valence-electron chi connectivity index (χ1n) is 6.60. The topological polar surface area (TPSA) is 29.3 Å². The molecule has 0 saturated carbocycles. The number of hydrogen-bond donors (Lipinski definition) is 1. The summed E-state index contributed by atoms with van der Waals surface area (Å²) in [5, 5.41) is 0.340. The van der Waals surface area contributed by atoms with E-state index in [2.05, 4.69) is 0 Å². The summed E-state index contributed by atoms with van der Waals surface area (Å²) in [4.78, 5) is 1.92. The standard InChI is InChI=1S/C14H18ClF3N2/c1-8-9(2)20(6-5-12(8)19)13-7-10(14(16,17)18)3-4-11(13)15/h3-4,7-9,12H,5-6,19H2,1-2H3. The highest BCUT2D eigenvalue weighted by atomic mass is 35.5. The zero-order valence-corrected chi connectivity index (χ0v) is 12.2. The van der Waals surface area contributed by atoms with Gasteiger partial charge in [-0.15, -0.1) is 0 Å². The lowest BCUT2D eigenvalue weighted by atomic mass is 9.87. The highest BCUT2D eigenvalue weighted by Gasteiger charge is 2.34. The van der Waals surface area contributed by atoms with Gasteiger partial charge in [-0.1, -0.05) is 18.5 Å². The molecule has 20 heavy (non-hydrogen) atoms. The molecule has 1 aliphatic heterocycles. The molecule has 1 heterocycles. The molecule has 2 nitrogen and oxygen atoms in total. The number of halogens is 4. The molecule has 0 amide bonds. The molecule has 0 radical (unpaired) electrons. The predicted octanol–water partition coefficient (Wildman–Crippen LogP) is 3.92. The molecule has 0 aliphatic carbocycles. The van der Waals surface area contributed by atoms with Crippen molar-refractivity contribution in [2.45, 2.75) is 38.5 Å². The molecule has 1 aromatic carbocycles. The molecule has 1 fully saturated rings. The Morgan fingerprint density at radius 1 is 1.30 bits per heavy atom. The van der Waals surface area contributed by atoms with E-state index in [-0.39, 0.29) is 18.0 Å². The van der Waals surface area contributed by atoms with Gasteiger partial charge in [-0.2, -0.15) is 13.2 Å². The van der Waals surface area contributed by atoms with E-state index in [4.69, 9.17) is 17.3 Å². The van der Waals surface area contributed by atoms with E-state index in [0.717, 1.165) is 18.6 Å². The lowest BCUT2D eigenvalue weighted by molar-refractivity contribution is -0.137. The average Bonchev–Trinajstić information content (AvgIpc) is 2.36. The molecule has 2 N–H and O–H groups in total. The van der Waals surface area contributed by atoms with E-state index in [1.165, 1.54) is 6.07 Å². The molecule has 0 bridgehead atoms. The van der Waals surface area contributed by atoms with Crippen LogP contribution in [-0.4, -0.2) is 18.6 Å². The maximum Gasteiger partial charge on any atom is 0.416 e. The number of hydrogen-bond acceptors (Lipinski definition) is 2. The Morgan fingerprint density at radius 3 is 2.55 bits per heavy atom. The Morgan fingerprint density at radius 2 is 1.95 bits per heavy atom. The quantitative estimate of drug-likeness (QED) is 0.852. The maximum atomic E-state index is 12.8. The number of nitrogens with zero attached hydrogens (tertiary/aromatic N) is 1. The molecular weight excluding hydrogens is 289 g/mol. The third-order valence-corrected chi connectivity index (χ3v) is 4.53. The van der Waals surface area contributed by atoms with Crippen molar-refractivity contribution < 1.29 is 13.2 Å². The van der Waals surface area contributed by atoms with Crippen LogP contribution in [0.15, 0.2) is 18.2 Å². The summed E-state index contributed by atoms with van der Waals surface area (Å²) < 4.78 is 38.5. The molecule has 1 saturated heterocycles. The second-order valence-corrected chi connectivity index (χ2v) is 5.82. The molecule has 0 aromatic heterocycles. The predicted molar refractivity (Wildman–Crippen MR) is 75.0 cm³/mol. The summed E-state index contributed by atoms with van der Waals surface area (Å²) >= 11 is 6.09. The van der Waals surface area contributed by atoms with Crippen LogP contribution in [0.1, 0.15) is 25.8 Å². The average molecular weight is 307 g/mol. The Bertz CT molecular complexity index is 490. The molecular formula is C14H18ClF3N2. The van der Waals surface area contributed by atoms with Crippen molar-refractivity contribution in [2.24, 2.45) is 11.7 Å². The SMILES string of the molecule is CC1C(N)CCN(c2cc(C(F)(F)F)ccc2Cl)C1C. The zero-order valence-electron chi connectivity index (χ0n) is 11.4. The van der Waals surface area contributed by atoms with Crippen LogP contribution >= 0.6 is 11.6 Å². The summed E-state index contributed by atoms with van der Waals surface area (Å²) in [5.74, 6) is 0.203. The summed E-state index contributed by atoms with van der Waals surface area (Å²) in [7, 11) is 0. The van der Waals surface area contributed by atoms with E-state index >= 15 is 0 Å². The van der Waals surface area contributed by atoms with Gasteiger partial charge in [-0.25, -0.2) is 0 Å². The van der Waals surface area contributed by atoms with Crippen LogP contribution in [0.25, 0.3) is 0 Å². The van der Waals surface area contributed by atoms with E-state index in [9.17, 15) is 13.2 Å². The molecule has 1 aromatic rings. The first kappa shape index (κ1) is 15.4. The van der Waals surface area contributed by atoms with Gasteiger partial charge in [0.15, 0.2) is 0 Å². The van der Waals surface area contributed by atoms with Crippen LogP contribution in [-0.2, 0) is 6.18 Å². The van der Waals surface area contributed by atoms with Gasteiger partial charge in [-0.05, 0) is 37.5 Å². The minimum atomic E-state index is -4.36. The summed E-state index contributed by atoms with van der Waals surface area (Å²) in [5.41, 5.74) is 5.77. The third-order valence-electron chi connectivity index (χ3n) is 4.21. The van der Waals surface area contributed by atoms with Gasteiger partial charge in [-0.3, -0.25) is 0 Å². The van der Waals surface area contributed by atoms with E-state index in [1.54, 1.807) is 0 Å². The molecule has 6 heteroatoms. The third kappa shape index (κ3) is 2.88. The van der Waals surface area contributed by atoms with Crippen molar-refractivity contribution >= 4 is 17.3 Å². The molecule has 0 spiro atoms. The number of benzene rings is 1. The van der Waals surface area contributed by atoms with Crippen LogP contribution in [0.5, 0.6) is 0 Å². The van der Waals surface area contributed by atoms with Gasteiger partial charge in [0.05, 0.1) is 16.3 Å².